The number of aryl methyl sites for hydroxylation is 1. The lowest BCUT2D eigenvalue weighted by molar-refractivity contribution is 0.0579. The van der Waals surface area contributed by atoms with Crippen LogP contribution in [0.2, 0.25) is 0 Å². The van der Waals surface area contributed by atoms with Crippen LogP contribution in [0.15, 0.2) is 12.3 Å². The Morgan fingerprint density at radius 3 is 2.57 bits per heavy atom. The SMILES string of the molecule is CCCNC(c1ccnn1CC)C(C)(C)N1CCCCC1. The predicted octanol–water partition coefficient (Wildman–Crippen LogP) is 3.21. The quantitative estimate of drug-likeness (QED) is 0.838. The topological polar surface area (TPSA) is 33.1 Å². The summed E-state index contributed by atoms with van der Waals surface area (Å²) in [5.41, 5.74) is 1.43. The lowest BCUT2D eigenvalue weighted by Gasteiger charge is -2.46. The summed E-state index contributed by atoms with van der Waals surface area (Å²) in [6.45, 7) is 13.6. The average molecular weight is 292 g/mol. The average Bonchev–Trinajstić information content (AvgIpc) is 2.96. The molecule has 120 valence electrons. The smallest absolute Gasteiger partial charge is 0.0673 e. The van der Waals surface area contributed by atoms with Gasteiger partial charge in [0, 0.05) is 18.3 Å². The zero-order valence-corrected chi connectivity index (χ0v) is 14.2. The molecule has 1 aromatic heterocycles. The molecular formula is C17H32N4. The Hall–Kier alpha value is -0.870. The van der Waals surface area contributed by atoms with Crippen LogP contribution in [-0.2, 0) is 6.54 Å². The Balaban J connectivity index is 2.25. The Bertz CT molecular complexity index is 418. The first-order chi connectivity index (χ1) is 10.1. The normalized spacial score (nSPS) is 18.9. The van der Waals surface area contributed by atoms with Crippen molar-refractivity contribution >= 4 is 0 Å². The molecule has 21 heavy (non-hydrogen) atoms. The van der Waals surface area contributed by atoms with E-state index < -0.39 is 0 Å². The van der Waals surface area contributed by atoms with E-state index in [0.29, 0.717) is 6.04 Å². The molecule has 1 fully saturated rings. The molecule has 2 rings (SSSR count). The van der Waals surface area contributed by atoms with Crippen LogP contribution >= 0.6 is 0 Å². The van der Waals surface area contributed by atoms with Gasteiger partial charge in [-0.05, 0) is 65.7 Å². The van der Waals surface area contributed by atoms with Crippen molar-refractivity contribution < 1.29 is 0 Å². The minimum absolute atomic E-state index is 0.114. The number of nitrogens with zero attached hydrogens (tertiary/aromatic N) is 3. The molecule has 4 heteroatoms. The second-order valence-corrected chi connectivity index (χ2v) is 6.66. The third-order valence-electron chi connectivity index (χ3n) is 4.82. The summed E-state index contributed by atoms with van der Waals surface area (Å²) >= 11 is 0. The van der Waals surface area contributed by atoms with Gasteiger partial charge in [-0.1, -0.05) is 13.3 Å². The number of hydrogen-bond donors (Lipinski definition) is 1. The van der Waals surface area contributed by atoms with Crippen molar-refractivity contribution in [3.05, 3.63) is 18.0 Å². The molecule has 1 aliphatic rings. The highest BCUT2D eigenvalue weighted by molar-refractivity contribution is 5.14. The van der Waals surface area contributed by atoms with E-state index in [1.807, 2.05) is 6.20 Å². The van der Waals surface area contributed by atoms with Crippen molar-refractivity contribution in [2.45, 2.75) is 71.5 Å². The first-order valence-electron chi connectivity index (χ1n) is 8.61. The molecule has 4 nitrogen and oxygen atoms in total. The summed E-state index contributed by atoms with van der Waals surface area (Å²) in [5, 5.41) is 8.26. The third kappa shape index (κ3) is 3.67. The van der Waals surface area contributed by atoms with E-state index in [1.54, 1.807) is 0 Å². The Morgan fingerprint density at radius 2 is 1.95 bits per heavy atom. The van der Waals surface area contributed by atoms with Crippen LogP contribution in [0.3, 0.4) is 0 Å². The maximum Gasteiger partial charge on any atom is 0.0673 e. The Labute approximate surface area is 129 Å². The summed E-state index contributed by atoms with van der Waals surface area (Å²) in [5.74, 6) is 0. The van der Waals surface area contributed by atoms with E-state index in [9.17, 15) is 0 Å². The van der Waals surface area contributed by atoms with E-state index in [0.717, 1.165) is 19.5 Å². The van der Waals surface area contributed by atoms with E-state index in [2.05, 4.69) is 53.8 Å². The van der Waals surface area contributed by atoms with Gasteiger partial charge >= 0.3 is 0 Å². The van der Waals surface area contributed by atoms with Crippen LogP contribution in [-0.4, -0.2) is 39.9 Å². The molecule has 1 atom stereocenters. The fraction of sp³-hybridized carbons (Fsp3) is 0.824. The summed E-state index contributed by atoms with van der Waals surface area (Å²) in [6, 6.07) is 2.51. The van der Waals surface area contributed by atoms with Crippen molar-refractivity contribution in [3.63, 3.8) is 0 Å². The molecule has 0 aliphatic carbocycles. The van der Waals surface area contributed by atoms with Crippen LogP contribution in [0, 0.1) is 0 Å². The Morgan fingerprint density at radius 1 is 1.24 bits per heavy atom. The minimum atomic E-state index is 0.114. The van der Waals surface area contributed by atoms with E-state index in [-0.39, 0.29) is 5.54 Å². The van der Waals surface area contributed by atoms with Gasteiger partial charge in [-0.2, -0.15) is 5.10 Å². The fourth-order valence-electron chi connectivity index (χ4n) is 3.51. The summed E-state index contributed by atoms with van der Waals surface area (Å²) < 4.78 is 2.14. The zero-order valence-electron chi connectivity index (χ0n) is 14.2. The van der Waals surface area contributed by atoms with Crippen LogP contribution in [0.1, 0.15) is 65.1 Å². The first kappa shape index (κ1) is 16.5. The number of hydrogen-bond acceptors (Lipinski definition) is 3. The number of likely N-dealkylation sites (tertiary alicyclic amines) is 1. The van der Waals surface area contributed by atoms with Crippen molar-refractivity contribution in [3.8, 4) is 0 Å². The molecule has 0 saturated carbocycles. The lowest BCUT2D eigenvalue weighted by atomic mass is 9.87. The third-order valence-corrected chi connectivity index (χ3v) is 4.82. The summed E-state index contributed by atoms with van der Waals surface area (Å²) in [7, 11) is 0. The highest BCUT2D eigenvalue weighted by Gasteiger charge is 2.38. The van der Waals surface area contributed by atoms with Crippen LogP contribution in [0.5, 0.6) is 0 Å². The second-order valence-electron chi connectivity index (χ2n) is 6.66. The number of piperidine rings is 1. The Kier molecular flexibility index (Phi) is 5.82. The van der Waals surface area contributed by atoms with Gasteiger partial charge in [0.05, 0.1) is 11.7 Å². The molecule has 0 aromatic carbocycles. The predicted molar refractivity (Wildman–Crippen MR) is 88.4 cm³/mol. The van der Waals surface area contributed by atoms with Crippen LogP contribution < -0.4 is 5.32 Å². The summed E-state index contributed by atoms with van der Waals surface area (Å²) in [6.07, 6.45) is 7.14. The van der Waals surface area contributed by atoms with Gasteiger partial charge in [0.25, 0.3) is 0 Å². The zero-order chi connectivity index (χ0) is 15.3. The van der Waals surface area contributed by atoms with Crippen molar-refractivity contribution in [2.24, 2.45) is 0 Å². The summed E-state index contributed by atoms with van der Waals surface area (Å²) in [4.78, 5) is 2.66. The minimum Gasteiger partial charge on any atom is -0.307 e. The molecular weight excluding hydrogens is 260 g/mol. The van der Waals surface area contributed by atoms with Crippen LogP contribution in [0.25, 0.3) is 0 Å². The second kappa shape index (κ2) is 7.41. The van der Waals surface area contributed by atoms with Gasteiger partial charge in [0.2, 0.25) is 0 Å². The maximum absolute atomic E-state index is 4.48. The van der Waals surface area contributed by atoms with Gasteiger partial charge < -0.3 is 5.32 Å². The molecule has 0 spiro atoms. The molecule has 1 unspecified atom stereocenters. The highest BCUT2D eigenvalue weighted by Crippen LogP contribution is 2.33. The molecule has 0 bridgehead atoms. The molecule has 0 amide bonds. The molecule has 1 aliphatic heterocycles. The number of aromatic nitrogens is 2. The van der Waals surface area contributed by atoms with E-state index in [1.165, 1.54) is 38.0 Å². The standard InChI is InChI=1S/C17H32N4/c1-5-11-18-16(15-10-12-19-21(15)6-2)17(3,4)20-13-8-7-9-14-20/h10,12,16,18H,5-9,11,13-14H2,1-4H3. The van der Waals surface area contributed by atoms with Gasteiger partial charge in [0.15, 0.2) is 0 Å². The molecule has 2 heterocycles. The van der Waals surface area contributed by atoms with Gasteiger partial charge in [-0.3, -0.25) is 9.58 Å². The molecule has 1 N–H and O–H groups in total. The highest BCUT2D eigenvalue weighted by atomic mass is 15.3. The van der Waals surface area contributed by atoms with E-state index >= 15 is 0 Å². The molecule has 1 saturated heterocycles. The van der Waals surface area contributed by atoms with Crippen molar-refractivity contribution in [2.75, 3.05) is 19.6 Å². The van der Waals surface area contributed by atoms with Gasteiger partial charge in [-0.25, -0.2) is 0 Å². The number of rotatable bonds is 7. The monoisotopic (exact) mass is 292 g/mol. The van der Waals surface area contributed by atoms with Crippen molar-refractivity contribution in [1.82, 2.24) is 20.0 Å². The van der Waals surface area contributed by atoms with E-state index in [4.69, 9.17) is 0 Å². The first-order valence-corrected chi connectivity index (χ1v) is 8.61. The van der Waals surface area contributed by atoms with Gasteiger partial charge in [0.1, 0.15) is 0 Å². The number of nitrogens with one attached hydrogen (secondary N) is 1. The lowest BCUT2D eigenvalue weighted by Crippen LogP contribution is -2.54. The maximum atomic E-state index is 4.48. The fourth-order valence-corrected chi connectivity index (χ4v) is 3.51. The van der Waals surface area contributed by atoms with Crippen molar-refractivity contribution in [1.29, 1.82) is 0 Å². The molecule has 1 aromatic rings. The largest absolute Gasteiger partial charge is 0.307 e. The van der Waals surface area contributed by atoms with Crippen LogP contribution in [0.4, 0.5) is 0 Å². The molecule has 0 radical (unpaired) electrons. The van der Waals surface area contributed by atoms with Gasteiger partial charge in [-0.15, -0.1) is 0 Å².